The van der Waals surface area contributed by atoms with Gasteiger partial charge in [0.2, 0.25) is 0 Å². The third-order valence-corrected chi connectivity index (χ3v) is 3.16. The fraction of sp³-hybridized carbons (Fsp3) is 0.133. The van der Waals surface area contributed by atoms with E-state index in [1.807, 2.05) is 13.1 Å². The third kappa shape index (κ3) is 1.79. The molecular weight excluding hydrogens is 222 g/mol. The van der Waals surface area contributed by atoms with Crippen molar-refractivity contribution in [2.45, 2.75) is 13.5 Å². The molecule has 90 valence electrons. The zero-order valence-corrected chi connectivity index (χ0v) is 10.3. The Morgan fingerprint density at radius 2 is 1.94 bits per heavy atom. The van der Waals surface area contributed by atoms with E-state index in [0.717, 1.165) is 22.3 Å². The number of fused-ring (bicyclic) bond motifs is 1. The molecule has 0 fully saturated rings. The predicted octanol–water partition coefficient (Wildman–Crippen LogP) is 3.00. The van der Waals surface area contributed by atoms with Crippen LogP contribution >= 0.6 is 0 Å². The molecule has 18 heavy (non-hydrogen) atoms. The molecule has 0 saturated carbocycles. The summed E-state index contributed by atoms with van der Waals surface area (Å²) in [6.07, 6.45) is 1.93. The number of hydrogen-bond donors (Lipinski definition) is 2. The van der Waals surface area contributed by atoms with Crippen LogP contribution in [0, 0.1) is 6.92 Å². The Labute approximate surface area is 106 Å². The van der Waals surface area contributed by atoms with Crippen LogP contribution in [0.3, 0.4) is 0 Å². The van der Waals surface area contributed by atoms with E-state index in [4.69, 9.17) is 5.73 Å². The molecule has 1 aromatic carbocycles. The van der Waals surface area contributed by atoms with Crippen LogP contribution in [-0.2, 0) is 6.54 Å². The Morgan fingerprint density at radius 1 is 1.17 bits per heavy atom. The van der Waals surface area contributed by atoms with Crippen molar-refractivity contribution >= 4 is 11.0 Å². The zero-order chi connectivity index (χ0) is 12.5. The van der Waals surface area contributed by atoms with Gasteiger partial charge in [-0.25, -0.2) is 4.98 Å². The van der Waals surface area contributed by atoms with Crippen LogP contribution in [0.5, 0.6) is 0 Å². The average molecular weight is 237 g/mol. The third-order valence-electron chi connectivity index (χ3n) is 3.16. The fourth-order valence-electron chi connectivity index (χ4n) is 2.22. The average Bonchev–Trinajstić information content (AvgIpc) is 2.86. The van der Waals surface area contributed by atoms with Gasteiger partial charge in [0.15, 0.2) is 0 Å². The van der Waals surface area contributed by atoms with Gasteiger partial charge in [-0.1, -0.05) is 24.3 Å². The second kappa shape index (κ2) is 4.27. The van der Waals surface area contributed by atoms with Crippen LogP contribution in [-0.4, -0.2) is 9.97 Å². The summed E-state index contributed by atoms with van der Waals surface area (Å²) in [6.45, 7) is 2.59. The number of nitrogens with one attached hydrogen (secondary N) is 1. The fourth-order valence-corrected chi connectivity index (χ4v) is 2.22. The molecule has 3 rings (SSSR count). The lowest BCUT2D eigenvalue weighted by Gasteiger charge is -2.06. The molecule has 0 bridgehead atoms. The number of benzene rings is 1. The summed E-state index contributed by atoms with van der Waals surface area (Å²) >= 11 is 0. The van der Waals surface area contributed by atoms with Gasteiger partial charge in [0.05, 0.1) is 0 Å². The summed E-state index contributed by atoms with van der Waals surface area (Å²) in [5, 5.41) is 1.15. The molecule has 0 amide bonds. The van der Waals surface area contributed by atoms with Crippen molar-refractivity contribution in [2.24, 2.45) is 5.73 Å². The summed E-state index contributed by atoms with van der Waals surface area (Å²) in [5.41, 5.74) is 11.1. The molecule has 3 nitrogen and oxygen atoms in total. The van der Waals surface area contributed by atoms with Gasteiger partial charge in [-0.3, -0.25) is 0 Å². The number of aryl methyl sites for hydroxylation is 1. The maximum atomic E-state index is 5.62. The quantitative estimate of drug-likeness (QED) is 0.720. The minimum absolute atomic E-state index is 0.579. The Bertz CT molecular complexity index is 681. The number of rotatable bonds is 2. The Hall–Kier alpha value is -2.13. The topological polar surface area (TPSA) is 54.7 Å². The summed E-state index contributed by atoms with van der Waals surface area (Å²) in [5.74, 6) is 0. The van der Waals surface area contributed by atoms with E-state index in [2.05, 4.69) is 46.4 Å². The van der Waals surface area contributed by atoms with Crippen LogP contribution in [0.25, 0.3) is 22.2 Å². The van der Waals surface area contributed by atoms with Crippen LogP contribution in [0.2, 0.25) is 0 Å². The molecule has 0 radical (unpaired) electrons. The maximum absolute atomic E-state index is 5.62. The molecule has 2 aromatic heterocycles. The Kier molecular flexibility index (Phi) is 2.61. The van der Waals surface area contributed by atoms with E-state index in [9.17, 15) is 0 Å². The van der Waals surface area contributed by atoms with Crippen molar-refractivity contribution < 1.29 is 0 Å². The van der Waals surface area contributed by atoms with Gasteiger partial charge in [-0.2, -0.15) is 0 Å². The van der Waals surface area contributed by atoms with Crippen molar-refractivity contribution in [3.8, 4) is 11.1 Å². The first-order chi connectivity index (χ1) is 8.78. The molecule has 3 aromatic rings. The number of aromatic nitrogens is 2. The maximum Gasteiger partial charge on any atom is 0.138 e. The molecule has 0 aliphatic carbocycles. The molecule has 2 heterocycles. The second-order valence-corrected chi connectivity index (χ2v) is 4.45. The van der Waals surface area contributed by atoms with Gasteiger partial charge in [-0.05, 0) is 35.7 Å². The molecule has 3 N–H and O–H groups in total. The summed E-state index contributed by atoms with van der Waals surface area (Å²) in [4.78, 5) is 7.64. The minimum Gasteiger partial charge on any atom is -0.346 e. The summed E-state index contributed by atoms with van der Waals surface area (Å²) < 4.78 is 0. The predicted molar refractivity (Wildman–Crippen MR) is 74.2 cm³/mol. The number of nitrogens with two attached hydrogens (primary N) is 1. The molecule has 0 spiro atoms. The summed E-state index contributed by atoms with van der Waals surface area (Å²) in [6, 6.07) is 12.6. The van der Waals surface area contributed by atoms with Crippen LogP contribution in [0.4, 0.5) is 0 Å². The lowest BCUT2D eigenvalue weighted by molar-refractivity contribution is 1.07. The van der Waals surface area contributed by atoms with Crippen LogP contribution < -0.4 is 5.73 Å². The normalized spacial score (nSPS) is 11.0. The van der Waals surface area contributed by atoms with Crippen molar-refractivity contribution in [2.75, 3.05) is 0 Å². The number of nitrogens with zero attached hydrogens (tertiary/aromatic N) is 1. The van der Waals surface area contributed by atoms with E-state index in [1.54, 1.807) is 0 Å². The van der Waals surface area contributed by atoms with Crippen molar-refractivity contribution in [3.63, 3.8) is 0 Å². The second-order valence-electron chi connectivity index (χ2n) is 4.45. The zero-order valence-electron chi connectivity index (χ0n) is 10.3. The van der Waals surface area contributed by atoms with Crippen molar-refractivity contribution in [1.29, 1.82) is 0 Å². The smallest absolute Gasteiger partial charge is 0.138 e. The number of hydrogen-bond acceptors (Lipinski definition) is 2. The highest BCUT2D eigenvalue weighted by molar-refractivity contribution is 5.93. The SMILES string of the molecule is Cc1cc(-c2ccc(CN)cc2)c2cc[nH]c2n1. The van der Waals surface area contributed by atoms with E-state index in [0.29, 0.717) is 6.54 Å². The molecule has 0 aliphatic heterocycles. The molecule has 0 aliphatic rings. The van der Waals surface area contributed by atoms with Gasteiger partial charge in [0, 0.05) is 23.8 Å². The van der Waals surface area contributed by atoms with E-state index in [-0.39, 0.29) is 0 Å². The molecule has 0 saturated heterocycles. The van der Waals surface area contributed by atoms with Gasteiger partial charge in [0.25, 0.3) is 0 Å². The standard InChI is InChI=1S/C15H15N3/c1-10-8-14(13-6-7-17-15(13)18-10)12-4-2-11(9-16)3-5-12/h2-8H,9,16H2,1H3,(H,17,18). The first-order valence-corrected chi connectivity index (χ1v) is 6.02. The molecule has 0 unspecified atom stereocenters. The highest BCUT2D eigenvalue weighted by Crippen LogP contribution is 2.28. The lowest BCUT2D eigenvalue weighted by Crippen LogP contribution is -1.95. The number of H-pyrrole nitrogens is 1. The lowest BCUT2D eigenvalue weighted by atomic mass is 10.0. The first kappa shape index (κ1) is 11.0. The Morgan fingerprint density at radius 3 is 2.67 bits per heavy atom. The largest absolute Gasteiger partial charge is 0.346 e. The minimum atomic E-state index is 0.579. The molecular formula is C15H15N3. The monoisotopic (exact) mass is 237 g/mol. The highest BCUT2D eigenvalue weighted by atomic mass is 14.8. The summed E-state index contributed by atoms with van der Waals surface area (Å²) in [7, 11) is 0. The van der Waals surface area contributed by atoms with Gasteiger partial charge in [0.1, 0.15) is 5.65 Å². The van der Waals surface area contributed by atoms with Gasteiger partial charge in [-0.15, -0.1) is 0 Å². The Balaban J connectivity index is 2.20. The van der Waals surface area contributed by atoms with E-state index < -0.39 is 0 Å². The van der Waals surface area contributed by atoms with E-state index in [1.165, 1.54) is 11.1 Å². The number of aromatic amines is 1. The number of pyridine rings is 1. The first-order valence-electron chi connectivity index (χ1n) is 6.02. The van der Waals surface area contributed by atoms with Gasteiger partial charge < -0.3 is 10.7 Å². The molecule has 0 atom stereocenters. The van der Waals surface area contributed by atoms with Crippen molar-refractivity contribution in [1.82, 2.24) is 9.97 Å². The van der Waals surface area contributed by atoms with Crippen LogP contribution in [0.1, 0.15) is 11.3 Å². The van der Waals surface area contributed by atoms with Gasteiger partial charge >= 0.3 is 0 Å². The van der Waals surface area contributed by atoms with Crippen LogP contribution in [0.15, 0.2) is 42.6 Å². The van der Waals surface area contributed by atoms with E-state index >= 15 is 0 Å². The highest BCUT2D eigenvalue weighted by Gasteiger charge is 2.06. The molecule has 3 heteroatoms. The van der Waals surface area contributed by atoms with Crippen molar-refractivity contribution in [3.05, 3.63) is 53.9 Å².